The second-order valence-electron chi connectivity index (χ2n) is 5.36. The van der Waals surface area contributed by atoms with Gasteiger partial charge in [-0.1, -0.05) is 30.7 Å². The van der Waals surface area contributed by atoms with Crippen LogP contribution in [-0.2, 0) is 10.0 Å². The molecule has 2 rings (SSSR count). The minimum atomic E-state index is -3.49. The van der Waals surface area contributed by atoms with Gasteiger partial charge in [-0.05, 0) is 37.5 Å². The summed E-state index contributed by atoms with van der Waals surface area (Å²) in [5.74, 6) is 5.68. The van der Waals surface area contributed by atoms with Crippen molar-refractivity contribution in [2.45, 2.75) is 50.0 Å². The lowest BCUT2D eigenvalue weighted by Crippen LogP contribution is -2.33. The van der Waals surface area contributed by atoms with Crippen LogP contribution in [0.4, 0.5) is 0 Å². The predicted octanol–water partition coefficient (Wildman–Crippen LogP) is 1.95. The number of nitrogens with one attached hydrogen (secondary N) is 1. The van der Waals surface area contributed by atoms with E-state index in [0.29, 0.717) is 22.4 Å². The summed E-state index contributed by atoms with van der Waals surface area (Å²) in [5.41, 5.74) is 1.37. The molecule has 4 nitrogen and oxygen atoms in total. The van der Waals surface area contributed by atoms with E-state index in [-0.39, 0.29) is 12.6 Å². The van der Waals surface area contributed by atoms with Crippen LogP contribution in [0.2, 0.25) is 0 Å². The zero-order chi connectivity index (χ0) is 15.3. The molecule has 0 heterocycles. The van der Waals surface area contributed by atoms with Crippen LogP contribution in [0.3, 0.4) is 0 Å². The molecule has 0 atom stereocenters. The molecule has 0 amide bonds. The second-order valence-corrected chi connectivity index (χ2v) is 7.04. The van der Waals surface area contributed by atoms with Gasteiger partial charge in [0.25, 0.3) is 0 Å². The van der Waals surface area contributed by atoms with Gasteiger partial charge in [-0.25, -0.2) is 13.1 Å². The molecule has 21 heavy (non-hydrogen) atoms. The van der Waals surface area contributed by atoms with Crippen LogP contribution in [0.25, 0.3) is 0 Å². The molecule has 0 radical (unpaired) electrons. The summed E-state index contributed by atoms with van der Waals surface area (Å²) in [6.07, 6.45) is 4.37. The molecule has 0 unspecified atom stereocenters. The van der Waals surface area contributed by atoms with Crippen LogP contribution in [0.15, 0.2) is 23.1 Å². The number of sulfonamides is 1. The summed E-state index contributed by atoms with van der Waals surface area (Å²) >= 11 is 0. The lowest BCUT2D eigenvalue weighted by molar-refractivity contribution is 0.305. The first-order chi connectivity index (χ1) is 10.0. The molecule has 1 fully saturated rings. The summed E-state index contributed by atoms with van der Waals surface area (Å²) in [6.45, 7) is 1.79. The Bertz CT molecular complexity index is 650. The van der Waals surface area contributed by atoms with Crippen LogP contribution in [0.1, 0.15) is 43.2 Å². The molecule has 114 valence electrons. The highest BCUT2D eigenvalue weighted by atomic mass is 32.2. The fraction of sp³-hybridized carbons (Fsp3) is 0.500. The Labute approximate surface area is 126 Å². The van der Waals surface area contributed by atoms with Gasteiger partial charge in [0.05, 0.1) is 11.5 Å². The number of aryl methyl sites for hydroxylation is 1. The maximum Gasteiger partial charge on any atom is 0.241 e. The topological polar surface area (TPSA) is 66.4 Å². The third kappa shape index (κ3) is 4.31. The number of rotatable bonds is 4. The highest BCUT2D eigenvalue weighted by Gasteiger charge is 2.24. The van der Waals surface area contributed by atoms with E-state index in [1.54, 1.807) is 25.1 Å². The van der Waals surface area contributed by atoms with Crippen LogP contribution >= 0.6 is 0 Å². The second kappa shape index (κ2) is 7.08. The SMILES string of the molecule is Cc1ccc(C#CCCO)cc1S(=O)(=O)NC1CCCC1. The van der Waals surface area contributed by atoms with Crippen LogP contribution in [0.5, 0.6) is 0 Å². The average molecular weight is 307 g/mol. The fourth-order valence-corrected chi connectivity index (χ4v) is 4.09. The number of benzene rings is 1. The summed E-state index contributed by atoms with van der Waals surface area (Å²) in [7, 11) is -3.49. The summed E-state index contributed by atoms with van der Waals surface area (Å²) in [5, 5.41) is 8.72. The van der Waals surface area contributed by atoms with E-state index in [1.165, 1.54) is 0 Å². The van der Waals surface area contributed by atoms with Crippen molar-refractivity contribution < 1.29 is 13.5 Å². The number of aliphatic hydroxyl groups is 1. The summed E-state index contributed by atoms with van der Waals surface area (Å²) in [4.78, 5) is 0.296. The molecular formula is C16H21NO3S. The lowest BCUT2D eigenvalue weighted by atomic mass is 10.1. The zero-order valence-electron chi connectivity index (χ0n) is 12.2. The van der Waals surface area contributed by atoms with E-state index in [1.807, 2.05) is 0 Å². The standard InChI is InChI=1S/C16H21NO3S/c1-13-9-10-14(6-4-5-11-18)12-16(13)21(19,20)17-15-7-2-3-8-15/h9-10,12,15,17-18H,2-3,5,7-8,11H2,1H3. The Morgan fingerprint density at radius 3 is 2.71 bits per heavy atom. The lowest BCUT2D eigenvalue weighted by Gasteiger charge is -2.14. The molecule has 0 spiro atoms. The molecule has 0 aromatic heterocycles. The molecule has 1 saturated carbocycles. The number of aliphatic hydroxyl groups excluding tert-OH is 1. The normalized spacial score (nSPS) is 15.7. The maximum atomic E-state index is 12.5. The third-order valence-electron chi connectivity index (χ3n) is 3.62. The van der Waals surface area contributed by atoms with Gasteiger partial charge in [-0.2, -0.15) is 0 Å². The molecular weight excluding hydrogens is 286 g/mol. The van der Waals surface area contributed by atoms with Gasteiger partial charge in [-0.3, -0.25) is 0 Å². The van der Waals surface area contributed by atoms with Gasteiger partial charge >= 0.3 is 0 Å². The number of hydrogen-bond acceptors (Lipinski definition) is 3. The zero-order valence-corrected chi connectivity index (χ0v) is 13.0. The van der Waals surface area contributed by atoms with Gasteiger partial charge < -0.3 is 5.11 Å². The van der Waals surface area contributed by atoms with Gasteiger partial charge in [-0.15, -0.1) is 0 Å². The summed E-state index contributed by atoms with van der Waals surface area (Å²) in [6, 6.07) is 5.23. The van der Waals surface area contributed by atoms with Crippen molar-refractivity contribution in [3.8, 4) is 11.8 Å². The maximum absolute atomic E-state index is 12.5. The Morgan fingerprint density at radius 2 is 2.05 bits per heavy atom. The Morgan fingerprint density at radius 1 is 1.33 bits per heavy atom. The van der Waals surface area contributed by atoms with Crippen molar-refractivity contribution in [2.75, 3.05) is 6.61 Å². The van der Waals surface area contributed by atoms with E-state index >= 15 is 0 Å². The first-order valence-electron chi connectivity index (χ1n) is 7.25. The van der Waals surface area contributed by atoms with Gasteiger partial charge in [0, 0.05) is 18.0 Å². The Kier molecular flexibility index (Phi) is 5.40. The predicted molar refractivity (Wildman–Crippen MR) is 82.3 cm³/mol. The van der Waals surface area contributed by atoms with E-state index < -0.39 is 10.0 Å². The minimum absolute atomic E-state index is 0.00720. The molecule has 2 N–H and O–H groups in total. The monoisotopic (exact) mass is 307 g/mol. The first-order valence-corrected chi connectivity index (χ1v) is 8.74. The third-order valence-corrected chi connectivity index (χ3v) is 5.29. The molecule has 1 aliphatic rings. The largest absolute Gasteiger partial charge is 0.395 e. The average Bonchev–Trinajstić information content (AvgIpc) is 2.93. The van der Waals surface area contributed by atoms with Crippen LogP contribution < -0.4 is 4.72 Å². The Hall–Kier alpha value is -1.35. The van der Waals surface area contributed by atoms with Crippen molar-refractivity contribution in [2.24, 2.45) is 0 Å². The van der Waals surface area contributed by atoms with Gasteiger partial charge in [0.1, 0.15) is 0 Å². The van der Waals surface area contributed by atoms with Crippen molar-refractivity contribution in [3.05, 3.63) is 29.3 Å². The molecule has 0 aliphatic heterocycles. The van der Waals surface area contributed by atoms with Gasteiger partial charge in [0.2, 0.25) is 10.0 Å². The highest BCUT2D eigenvalue weighted by Crippen LogP contribution is 2.22. The quantitative estimate of drug-likeness (QED) is 0.836. The van der Waals surface area contributed by atoms with Crippen LogP contribution in [-0.4, -0.2) is 26.2 Å². The Balaban J connectivity index is 2.25. The molecule has 5 heteroatoms. The van der Waals surface area contributed by atoms with E-state index in [2.05, 4.69) is 16.6 Å². The molecule has 1 aliphatic carbocycles. The number of hydrogen-bond donors (Lipinski definition) is 2. The van der Waals surface area contributed by atoms with E-state index in [4.69, 9.17) is 5.11 Å². The van der Waals surface area contributed by atoms with Crippen molar-refractivity contribution in [1.82, 2.24) is 4.72 Å². The molecule has 0 bridgehead atoms. The smallest absolute Gasteiger partial charge is 0.241 e. The van der Waals surface area contributed by atoms with Crippen molar-refractivity contribution in [3.63, 3.8) is 0 Å². The molecule has 0 saturated heterocycles. The minimum Gasteiger partial charge on any atom is -0.395 e. The molecule has 1 aromatic rings. The van der Waals surface area contributed by atoms with Crippen molar-refractivity contribution in [1.29, 1.82) is 0 Å². The summed E-state index contributed by atoms with van der Waals surface area (Å²) < 4.78 is 27.8. The van der Waals surface area contributed by atoms with Gasteiger partial charge in [0.15, 0.2) is 0 Å². The highest BCUT2D eigenvalue weighted by molar-refractivity contribution is 7.89. The van der Waals surface area contributed by atoms with E-state index in [0.717, 1.165) is 25.7 Å². The van der Waals surface area contributed by atoms with Crippen molar-refractivity contribution >= 4 is 10.0 Å². The van der Waals surface area contributed by atoms with Crippen LogP contribution in [0, 0.1) is 18.8 Å². The fourth-order valence-electron chi connectivity index (χ4n) is 2.51. The molecule has 1 aromatic carbocycles. The first kappa shape index (κ1) is 16.0. The van der Waals surface area contributed by atoms with E-state index in [9.17, 15) is 8.42 Å².